The number of methoxy groups -OCH3 is 1. The molecule has 1 atom stereocenters. The van der Waals surface area contributed by atoms with E-state index < -0.39 is 17.2 Å². The third kappa shape index (κ3) is 1.88. The molecule has 1 unspecified atom stereocenters. The highest BCUT2D eigenvalue weighted by Crippen LogP contribution is 2.44. The number of hydrogen-bond donors (Lipinski definition) is 1. The van der Waals surface area contributed by atoms with E-state index in [2.05, 4.69) is 0 Å². The van der Waals surface area contributed by atoms with Crippen LogP contribution in [0.25, 0.3) is 0 Å². The molecule has 0 saturated carbocycles. The Labute approximate surface area is 115 Å². The molecule has 1 aliphatic carbocycles. The molecule has 1 N–H and O–H groups in total. The second kappa shape index (κ2) is 4.56. The molecule has 0 aliphatic heterocycles. The molecule has 0 spiro atoms. The molecule has 20 heavy (non-hydrogen) atoms. The topological polar surface area (TPSA) is 29.5 Å². The van der Waals surface area contributed by atoms with Gasteiger partial charge in [-0.25, -0.2) is 8.78 Å². The molecule has 0 radical (unpaired) electrons. The summed E-state index contributed by atoms with van der Waals surface area (Å²) in [4.78, 5) is 0. The first-order valence-corrected chi connectivity index (χ1v) is 6.40. The number of hydrogen-bond acceptors (Lipinski definition) is 2. The third-order valence-corrected chi connectivity index (χ3v) is 3.90. The van der Waals surface area contributed by atoms with E-state index in [4.69, 9.17) is 4.74 Å². The van der Waals surface area contributed by atoms with Crippen molar-refractivity contribution in [3.63, 3.8) is 0 Å². The molecule has 0 amide bonds. The van der Waals surface area contributed by atoms with E-state index in [-0.39, 0.29) is 5.56 Å². The summed E-state index contributed by atoms with van der Waals surface area (Å²) in [6, 6.07) is 8.66. The number of fused-ring (bicyclic) bond motifs is 1. The minimum absolute atomic E-state index is 0.103. The number of rotatable bonds is 2. The number of benzene rings is 2. The predicted octanol–water partition coefficient (Wildman–Crippen LogP) is 3.16. The van der Waals surface area contributed by atoms with Gasteiger partial charge in [-0.1, -0.05) is 6.07 Å². The van der Waals surface area contributed by atoms with Crippen LogP contribution >= 0.6 is 0 Å². The molecular weight excluding hydrogens is 262 g/mol. The summed E-state index contributed by atoms with van der Waals surface area (Å²) in [7, 11) is 1.54. The van der Waals surface area contributed by atoms with Crippen LogP contribution in [0, 0.1) is 11.6 Å². The number of aliphatic hydroxyl groups is 1. The van der Waals surface area contributed by atoms with Crippen LogP contribution < -0.4 is 4.74 Å². The quantitative estimate of drug-likeness (QED) is 0.913. The first-order chi connectivity index (χ1) is 9.54. The van der Waals surface area contributed by atoms with E-state index in [9.17, 15) is 13.9 Å². The van der Waals surface area contributed by atoms with Crippen LogP contribution in [0.5, 0.6) is 5.75 Å². The zero-order chi connectivity index (χ0) is 14.3. The molecule has 0 aromatic heterocycles. The third-order valence-electron chi connectivity index (χ3n) is 3.90. The normalized spacial score (nSPS) is 20.8. The lowest BCUT2D eigenvalue weighted by molar-refractivity contribution is 0.0786. The van der Waals surface area contributed by atoms with Crippen molar-refractivity contribution in [3.05, 3.63) is 64.7 Å². The first-order valence-electron chi connectivity index (χ1n) is 6.40. The van der Waals surface area contributed by atoms with E-state index in [1.165, 1.54) is 13.2 Å². The lowest BCUT2D eigenvalue weighted by atomic mass is 9.87. The number of aryl methyl sites for hydroxylation is 1. The molecule has 0 saturated heterocycles. The zero-order valence-electron chi connectivity index (χ0n) is 11.0. The van der Waals surface area contributed by atoms with Crippen molar-refractivity contribution in [2.75, 3.05) is 7.11 Å². The lowest BCUT2D eigenvalue weighted by Gasteiger charge is -2.25. The van der Waals surface area contributed by atoms with Gasteiger partial charge in [0.15, 0.2) is 0 Å². The van der Waals surface area contributed by atoms with Gasteiger partial charge in [-0.2, -0.15) is 0 Å². The summed E-state index contributed by atoms with van der Waals surface area (Å²) in [5, 5.41) is 10.9. The summed E-state index contributed by atoms with van der Waals surface area (Å²) >= 11 is 0. The Morgan fingerprint density at radius 2 is 1.90 bits per heavy atom. The van der Waals surface area contributed by atoms with Crippen LogP contribution in [0.4, 0.5) is 8.78 Å². The van der Waals surface area contributed by atoms with Crippen LogP contribution in [0.2, 0.25) is 0 Å². The Morgan fingerprint density at radius 1 is 1.10 bits per heavy atom. The molecule has 2 aromatic carbocycles. The van der Waals surface area contributed by atoms with Gasteiger partial charge in [0.05, 0.1) is 7.11 Å². The molecule has 1 aliphatic rings. The number of ether oxygens (including phenoxy) is 1. The molecule has 104 valence electrons. The maximum atomic E-state index is 14.0. The largest absolute Gasteiger partial charge is 0.497 e. The van der Waals surface area contributed by atoms with Gasteiger partial charge < -0.3 is 9.84 Å². The average Bonchev–Trinajstić information content (AvgIpc) is 2.76. The molecular formula is C16H14F2O2. The van der Waals surface area contributed by atoms with Crippen molar-refractivity contribution < 1.29 is 18.6 Å². The van der Waals surface area contributed by atoms with Gasteiger partial charge in [-0.3, -0.25) is 0 Å². The summed E-state index contributed by atoms with van der Waals surface area (Å²) < 4.78 is 32.2. The van der Waals surface area contributed by atoms with Gasteiger partial charge in [0.25, 0.3) is 0 Å². The Hall–Kier alpha value is -1.94. The van der Waals surface area contributed by atoms with Crippen molar-refractivity contribution in [3.8, 4) is 5.75 Å². The van der Waals surface area contributed by atoms with E-state index in [0.717, 1.165) is 17.7 Å². The maximum absolute atomic E-state index is 14.0. The lowest BCUT2D eigenvalue weighted by Crippen LogP contribution is -2.25. The van der Waals surface area contributed by atoms with Crippen LogP contribution in [0.1, 0.15) is 23.1 Å². The van der Waals surface area contributed by atoms with Crippen LogP contribution in [0.3, 0.4) is 0 Å². The minimum atomic E-state index is -1.43. The van der Waals surface area contributed by atoms with Crippen molar-refractivity contribution in [1.29, 1.82) is 0 Å². The van der Waals surface area contributed by atoms with E-state index >= 15 is 0 Å². The summed E-state index contributed by atoms with van der Waals surface area (Å²) in [6.45, 7) is 0. The fraction of sp³-hybridized carbons (Fsp3) is 0.250. The zero-order valence-corrected chi connectivity index (χ0v) is 11.0. The van der Waals surface area contributed by atoms with Crippen LogP contribution in [-0.4, -0.2) is 12.2 Å². The van der Waals surface area contributed by atoms with E-state index in [1.54, 1.807) is 6.07 Å². The molecule has 3 rings (SSSR count). The van der Waals surface area contributed by atoms with Gasteiger partial charge >= 0.3 is 0 Å². The maximum Gasteiger partial charge on any atom is 0.132 e. The Kier molecular flexibility index (Phi) is 2.98. The molecule has 0 bridgehead atoms. The molecule has 0 heterocycles. The second-order valence-corrected chi connectivity index (χ2v) is 5.01. The highest BCUT2D eigenvalue weighted by Gasteiger charge is 2.40. The fourth-order valence-electron chi connectivity index (χ4n) is 2.84. The minimum Gasteiger partial charge on any atom is -0.497 e. The number of halogens is 2. The molecule has 2 aromatic rings. The van der Waals surface area contributed by atoms with Gasteiger partial charge in [0.2, 0.25) is 0 Å². The monoisotopic (exact) mass is 276 g/mol. The summed E-state index contributed by atoms with van der Waals surface area (Å²) in [6.07, 6.45) is 1.02. The highest BCUT2D eigenvalue weighted by molar-refractivity contribution is 5.48. The van der Waals surface area contributed by atoms with Crippen molar-refractivity contribution in [2.24, 2.45) is 0 Å². The fourth-order valence-corrected chi connectivity index (χ4v) is 2.84. The van der Waals surface area contributed by atoms with Gasteiger partial charge in [0, 0.05) is 11.6 Å². The summed E-state index contributed by atoms with van der Waals surface area (Å²) in [5.41, 5.74) is 0.257. The van der Waals surface area contributed by atoms with Crippen LogP contribution in [-0.2, 0) is 12.0 Å². The second-order valence-electron chi connectivity index (χ2n) is 5.01. The smallest absolute Gasteiger partial charge is 0.132 e. The van der Waals surface area contributed by atoms with Crippen molar-refractivity contribution >= 4 is 0 Å². The Balaban J connectivity index is 2.16. The highest BCUT2D eigenvalue weighted by atomic mass is 19.1. The Morgan fingerprint density at radius 3 is 2.60 bits per heavy atom. The van der Waals surface area contributed by atoms with Crippen molar-refractivity contribution in [1.82, 2.24) is 0 Å². The Bertz CT molecular complexity index is 670. The van der Waals surface area contributed by atoms with Gasteiger partial charge in [-0.05, 0) is 48.2 Å². The van der Waals surface area contributed by atoms with Gasteiger partial charge in [-0.15, -0.1) is 0 Å². The van der Waals surface area contributed by atoms with Crippen LogP contribution in [0.15, 0.2) is 36.4 Å². The summed E-state index contributed by atoms with van der Waals surface area (Å²) in [5.74, 6) is -0.784. The van der Waals surface area contributed by atoms with E-state index in [1.807, 2.05) is 12.1 Å². The van der Waals surface area contributed by atoms with Crippen molar-refractivity contribution in [2.45, 2.75) is 18.4 Å². The molecule has 4 heteroatoms. The molecule has 0 fully saturated rings. The van der Waals surface area contributed by atoms with E-state index in [0.29, 0.717) is 24.2 Å². The molecule has 2 nitrogen and oxygen atoms in total. The predicted molar refractivity (Wildman–Crippen MR) is 70.7 cm³/mol. The average molecular weight is 276 g/mol. The van der Waals surface area contributed by atoms with Gasteiger partial charge in [0.1, 0.15) is 23.0 Å². The first kappa shape index (κ1) is 13.1. The SMILES string of the molecule is COc1ccc2c(c1)C(O)(c1ccc(F)cc1F)CC2. The standard InChI is InChI=1S/C16H14F2O2/c1-20-12-4-2-10-6-7-16(19,14(10)9-12)13-5-3-11(17)8-15(13)18/h2-5,8-9,19H,6-7H2,1H3.